The standard InChI is InChI=1S/C15H15NS2/c1-9-7-12(10(2)18-9)15(16)13-8-17-14-6-4-3-5-11(13)14/h3-8,15H,16H2,1-2H3. The van der Waals surface area contributed by atoms with Gasteiger partial charge in [-0.05, 0) is 47.9 Å². The molecular weight excluding hydrogens is 258 g/mol. The van der Waals surface area contributed by atoms with Crippen molar-refractivity contribution in [1.29, 1.82) is 0 Å². The minimum atomic E-state index is -0.00824. The zero-order chi connectivity index (χ0) is 12.7. The molecule has 0 amide bonds. The van der Waals surface area contributed by atoms with Gasteiger partial charge in [-0.1, -0.05) is 18.2 Å². The monoisotopic (exact) mass is 273 g/mol. The highest BCUT2D eigenvalue weighted by Crippen LogP contribution is 2.35. The molecule has 1 atom stereocenters. The van der Waals surface area contributed by atoms with Gasteiger partial charge in [-0.3, -0.25) is 0 Å². The van der Waals surface area contributed by atoms with E-state index in [1.165, 1.54) is 31.0 Å². The summed E-state index contributed by atoms with van der Waals surface area (Å²) in [5, 5.41) is 3.49. The van der Waals surface area contributed by atoms with Crippen LogP contribution >= 0.6 is 22.7 Å². The van der Waals surface area contributed by atoms with Gasteiger partial charge in [0.2, 0.25) is 0 Å². The summed E-state index contributed by atoms with van der Waals surface area (Å²) in [4.78, 5) is 2.66. The minimum absolute atomic E-state index is 0.00824. The fraction of sp³-hybridized carbons (Fsp3) is 0.200. The summed E-state index contributed by atoms with van der Waals surface area (Å²) in [5.74, 6) is 0. The summed E-state index contributed by atoms with van der Waals surface area (Å²) >= 11 is 3.60. The van der Waals surface area contributed by atoms with Crippen LogP contribution in [-0.4, -0.2) is 0 Å². The Morgan fingerprint density at radius 2 is 1.89 bits per heavy atom. The molecule has 2 aromatic heterocycles. The van der Waals surface area contributed by atoms with Gasteiger partial charge in [-0.15, -0.1) is 22.7 Å². The van der Waals surface area contributed by atoms with E-state index in [1.807, 2.05) is 11.3 Å². The van der Waals surface area contributed by atoms with Crippen LogP contribution in [0, 0.1) is 13.8 Å². The lowest BCUT2D eigenvalue weighted by Crippen LogP contribution is -2.11. The van der Waals surface area contributed by atoms with Gasteiger partial charge in [0.25, 0.3) is 0 Å². The van der Waals surface area contributed by atoms with Crippen LogP contribution in [0.4, 0.5) is 0 Å². The van der Waals surface area contributed by atoms with Crippen LogP contribution in [0.1, 0.15) is 26.9 Å². The Hall–Kier alpha value is -1.16. The lowest BCUT2D eigenvalue weighted by molar-refractivity contribution is 0.882. The molecule has 3 aromatic rings. The van der Waals surface area contributed by atoms with Gasteiger partial charge in [-0.2, -0.15) is 0 Å². The predicted molar refractivity (Wildman–Crippen MR) is 81.6 cm³/mol. The van der Waals surface area contributed by atoms with E-state index < -0.39 is 0 Å². The van der Waals surface area contributed by atoms with Gasteiger partial charge in [-0.25, -0.2) is 0 Å². The maximum Gasteiger partial charge on any atom is 0.0577 e. The third-order valence-corrected chi connectivity index (χ3v) is 5.22. The summed E-state index contributed by atoms with van der Waals surface area (Å²) < 4.78 is 1.31. The van der Waals surface area contributed by atoms with Crippen molar-refractivity contribution in [3.63, 3.8) is 0 Å². The Balaban J connectivity index is 2.12. The van der Waals surface area contributed by atoms with E-state index >= 15 is 0 Å². The lowest BCUT2D eigenvalue weighted by atomic mass is 9.99. The molecule has 3 rings (SSSR count). The Kier molecular flexibility index (Phi) is 2.98. The van der Waals surface area contributed by atoms with Gasteiger partial charge in [0, 0.05) is 14.5 Å². The quantitative estimate of drug-likeness (QED) is 0.724. The molecule has 3 heteroatoms. The molecule has 0 fully saturated rings. The fourth-order valence-corrected chi connectivity index (χ4v) is 4.34. The SMILES string of the molecule is Cc1cc(C(N)c2csc3ccccc23)c(C)s1. The van der Waals surface area contributed by atoms with E-state index in [1.54, 1.807) is 11.3 Å². The second kappa shape index (κ2) is 4.50. The topological polar surface area (TPSA) is 26.0 Å². The molecule has 2 N–H and O–H groups in total. The van der Waals surface area contributed by atoms with Crippen molar-refractivity contribution in [2.45, 2.75) is 19.9 Å². The second-order valence-corrected chi connectivity index (χ2v) is 6.91. The molecule has 0 aliphatic carbocycles. The van der Waals surface area contributed by atoms with E-state index in [9.17, 15) is 0 Å². The van der Waals surface area contributed by atoms with Crippen LogP contribution in [0.15, 0.2) is 35.7 Å². The average molecular weight is 273 g/mol. The zero-order valence-electron chi connectivity index (χ0n) is 10.4. The number of aryl methyl sites for hydroxylation is 2. The van der Waals surface area contributed by atoms with Crippen molar-refractivity contribution in [2.24, 2.45) is 5.73 Å². The number of rotatable bonds is 2. The van der Waals surface area contributed by atoms with Crippen molar-refractivity contribution in [3.05, 3.63) is 56.6 Å². The van der Waals surface area contributed by atoms with Crippen molar-refractivity contribution in [3.8, 4) is 0 Å². The van der Waals surface area contributed by atoms with Gasteiger partial charge < -0.3 is 5.73 Å². The zero-order valence-corrected chi connectivity index (χ0v) is 12.1. The highest BCUT2D eigenvalue weighted by molar-refractivity contribution is 7.17. The summed E-state index contributed by atoms with van der Waals surface area (Å²) in [7, 11) is 0. The Morgan fingerprint density at radius 3 is 2.61 bits per heavy atom. The van der Waals surface area contributed by atoms with Crippen LogP contribution in [0.25, 0.3) is 10.1 Å². The van der Waals surface area contributed by atoms with Crippen LogP contribution in [0.5, 0.6) is 0 Å². The minimum Gasteiger partial charge on any atom is -0.320 e. The molecule has 2 heterocycles. The van der Waals surface area contributed by atoms with Gasteiger partial charge >= 0.3 is 0 Å². The van der Waals surface area contributed by atoms with Crippen LogP contribution in [0.2, 0.25) is 0 Å². The summed E-state index contributed by atoms with van der Waals surface area (Å²) in [6.45, 7) is 4.29. The first kappa shape index (κ1) is 11.9. The molecule has 1 unspecified atom stereocenters. The summed E-state index contributed by atoms with van der Waals surface area (Å²) in [6.07, 6.45) is 0. The van der Waals surface area contributed by atoms with Crippen molar-refractivity contribution in [1.82, 2.24) is 0 Å². The highest BCUT2D eigenvalue weighted by atomic mass is 32.1. The number of thiophene rings is 2. The molecular formula is C15H15NS2. The second-order valence-electron chi connectivity index (χ2n) is 4.53. The first-order valence-electron chi connectivity index (χ1n) is 5.95. The lowest BCUT2D eigenvalue weighted by Gasteiger charge is -2.10. The maximum atomic E-state index is 6.45. The fourth-order valence-electron chi connectivity index (χ4n) is 2.37. The van der Waals surface area contributed by atoms with Crippen molar-refractivity contribution >= 4 is 32.8 Å². The third-order valence-electron chi connectivity index (χ3n) is 3.26. The average Bonchev–Trinajstić information content (AvgIpc) is 2.92. The number of nitrogens with two attached hydrogens (primary N) is 1. The molecule has 0 spiro atoms. The van der Waals surface area contributed by atoms with Crippen LogP contribution < -0.4 is 5.73 Å². The van der Waals surface area contributed by atoms with Crippen molar-refractivity contribution < 1.29 is 0 Å². The van der Waals surface area contributed by atoms with Gasteiger partial charge in [0.05, 0.1) is 6.04 Å². The molecule has 0 saturated carbocycles. The van der Waals surface area contributed by atoms with Crippen molar-refractivity contribution in [2.75, 3.05) is 0 Å². The third kappa shape index (κ3) is 1.88. The number of hydrogen-bond acceptors (Lipinski definition) is 3. The summed E-state index contributed by atoms with van der Waals surface area (Å²) in [5.41, 5.74) is 8.97. The van der Waals surface area contributed by atoms with E-state index in [2.05, 4.69) is 49.6 Å². The Morgan fingerprint density at radius 1 is 1.11 bits per heavy atom. The van der Waals surface area contributed by atoms with E-state index in [0.717, 1.165) is 0 Å². The normalized spacial score (nSPS) is 13.1. The molecule has 0 radical (unpaired) electrons. The molecule has 0 aliphatic heterocycles. The van der Waals surface area contributed by atoms with Gasteiger partial charge in [0.15, 0.2) is 0 Å². The Labute approximate surface area is 115 Å². The molecule has 18 heavy (non-hydrogen) atoms. The molecule has 0 saturated heterocycles. The van der Waals surface area contributed by atoms with E-state index in [4.69, 9.17) is 5.73 Å². The van der Waals surface area contributed by atoms with Crippen LogP contribution in [0.3, 0.4) is 0 Å². The smallest absolute Gasteiger partial charge is 0.0577 e. The first-order chi connectivity index (χ1) is 8.66. The first-order valence-corrected chi connectivity index (χ1v) is 7.65. The maximum absolute atomic E-state index is 6.45. The molecule has 92 valence electrons. The van der Waals surface area contributed by atoms with Crippen LogP contribution in [-0.2, 0) is 0 Å². The molecule has 0 bridgehead atoms. The molecule has 1 aromatic carbocycles. The molecule has 0 aliphatic rings. The largest absolute Gasteiger partial charge is 0.320 e. The van der Waals surface area contributed by atoms with E-state index in [0.29, 0.717) is 0 Å². The predicted octanol–water partition coefficient (Wildman–Crippen LogP) is 4.63. The molecule has 1 nitrogen and oxygen atoms in total. The summed E-state index contributed by atoms with van der Waals surface area (Å²) in [6, 6.07) is 10.7. The number of hydrogen-bond donors (Lipinski definition) is 1. The van der Waals surface area contributed by atoms with Gasteiger partial charge in [0.1, 0.15) is 0 Å². The Bertz CT molecular complexity index is 693. The highest BCUT2D eigenvalue weighted by Gasteiger charge is 2.17. The van der Waals surface area contributed by atoms with E-state index in [-0.39, 0.29) is 6.04 Å². The number of benzene rings is 1. The number of fused-ring (bicyclic) bond motifs is 1.